The Labute approximate surface area is 196 Å². The molecule has 1 aromatic carbocycles. The summed E-state index contributed by atoms with van der Waals surface area (Å²) < 4.78 is 3.28. The van der Waals surface area contributed by atoms with E-state index < -0.39 is 42.7 Å². The Kier molecular flexibility index (Phi) is 11.2. The van der Waals surface area contributed by atoms with Crippen LogP contribution in [-0.2, 0) is 0 Å². The molecule has 0 amide bonds. The van der Waals surface area contributed by atoms with Crippen molar-refractivity contribution in [2.24, 2.45) is 0 Å². The molecule has 0 unspecified atom stereocenters. The second kappa shape index (κ2) is 11.9. The van der Waals surface area contributed by atoms with E-state index in [2.05, 4.69) is 110 Å². The second-order valence-corrected chi connectivity index (χ2v) is 39.2. The molecule has 0 aliphatic heterocycles. The molecule has 1 rings (SSSR count). The first-order valence-corrected chi connectivity index (χ1v) is 30.8. The van der Waals surface area contributed by atoms with E-state index in [0.29, 0.717) is 0 Å². The zero-order valence-electron chi connectivity index (χ0n) is 21.9. The van der Waals surface area contributed by atoms with Gasteiger partial charge in [0.1, 0.15) is 0 Å². The molecule has 30 heavy (non-hydrogen) atoms. The fraction of sp³-hybridized carbons (Fsp3) is 0.615. The van der Waals surface area contributed by atoms with Gasteiger partial charge < -0.3 is 0 Å². The van der Waals surface area contributed by atoms with E-state index in [-0.39, 0.29) is 0 Å². The van der Waals surface area contributed by atoms with E-state index in [0.717, 1.165) is 0 Å². The van der Waals surface area contributed by atoms with Crippen LogP contribution in [0, 0.1) is 0 Å². The Morgan fingerprint density at radius 1 is 0.533 bits per heavy atom. The Balaban J connectivity index is 3.12. The van der Waals surface area contributed by atoms with Crippen molar-refractivity contribution in [3.05, 3.63) is 45.5 Å². The van der Waals surface area contributed by atoms with Crippen molar-refractivity contribution in [1.82, 2.24) is 0 Å². The molecule has 0 nitrogen and oxygen atoms in total. The van der Waals surface area contributed by atoms with Crippen LogP contribution < -0.4 is 8.79 Å². The van der Waals surface area contributed by atoms with Gasteiger partial charge in [0.2, 0.25) is 0 Å². The van der Waals surface area contributed by atoms with Crippen molar-refractivity contribution >= 4 is 51.5 Å². The summed E-state index contributed by atoms with van der Waals surface area (Å²) in [6.45, 7) is 14.5. The maximum atomic E-state index is 2.73. The monoisotopic (exact) mass is 566 g/mol. The fourth-order valence-corrected chi connectivity index (χ4v) is 25.3. The summed E-state index contributed by atoms with van der Waals surface area (Å²) in [5.74, 6) is 10.3. The van der Waals surface area contributed by atoms with Crippen molar-refractivity contribution in [1.29, 1.82) is 0 Å². The van der Waals surface area contributed by atoms with Crippen LogP contribution >= 0.6 is 0 Å². The molecule has 0 fully saturated rings. The summed E-state index contributed by atoms with van der Waals surface area (Å²) in [5.41, 5.74) is 5.46. The normalized spacial score (nSPS) is 14.2. The molecule has 0 bridgehead atoms. The van der Waals surface area contributed by atoms with Gasteiger partial charge in [-0.1, -0.05) is 0 Å². The van der Waals surface area contributed by atoms with Crippen LogP contribution in [0.2, 0.25) is 59.3 Å². The Morgan fingerprint density at radius 2 is 0.767 bits per heavy atom. The third-order valence-electron chi connectivity index (χ3n) is 8.30. The standard InChI is InChI=1S/C26H50Ge2Si2/c1-11-29(12-2,13-3)23-21-27(7,8)25-17-19-26(20-18-25)28(9,10)22-24-30(14-4,15-5)16-6/h17-24H,11-16H2,1-10H3/b23-21+,24-22+. The molecule has 0 radical (unpaired) electrons. The molecular weight excluding hydrogens is 514 g/mol. The van der Waals surface area contributed by atoms with Crippen molar-refractivity contribution in [3.63, 3.8) is 0 Å². The Hall–Kier alpha value is 0.219. The number of rotatable bonds is 12. The third-order valence-corrected chi connectivity index (χ3v) is 31.7. The molecule has 170 valence electrons. The molecule has 0 N–H and O–H groups in total. The quantitative estimate of drug-likeness (QED) is 0.228. The van der Waals surface area contributed by atoms with E-state index in [1.165, 1.54) is 36.3 Å². The first-order valence-electron chi connectivity index (χ1n) is 12.5. The summed E-state index contributed by atoms with van der Waals surface area (Å²) in [4.78, 5) is 5.43. The number of hydrogen-bond donors (Lipinski definition) is 0. The van der Waals surface area contributed by atoms with Crippen LogP contribution in [-0.4, -0.2) is 42.7 Å². The molecule has 0 aromatic heterocycles. The van der Waals surface area contributed by atoms with Gasteiger partial charge in [-0.25, -0.2) is 0 Å². The van der Waals surface area contributed by atoms with Gasteiger partial charge in [-0.2, -0.15) is 0 Å². The van der Waals surface area contributed by atoms with Crippen LogP contribution in [0.4, 0.5) is 0 Å². The predicted octanol–water partition coefficient (Wildman–Crippen LogP) is 7.80. The molecule has 0 aliphatic rings. The molecule has 1 aromatic rings. The first kappa shape index (κ1) is 28.3. The molecule has 4 heteroatoms. The molecule has 0 saturated carbocycles. The van der Waals surface area contributed by atoms with Crippen LogP contribution in [0.5, 0.6) is 0 Å². The van der Waals surface area contributed by atoms with Crippen molar-refractivity contribution in [3.8, 4) is 0 Å². The average molecular weight is 564 g/mol. The average Bonchev–Trinajstić information content (AvgIpc) is 2.76. The maximum absolute atomic E-state index is 2.73. The molecule has 0 saturated heterocycles. The molecule has 0 heterocycles. The topological polar surface area (TPSA) is 0 Å². The predicted molar refractivity (Wildman–Crippen MR) is 153 cm³/mol. The molecular formula is C26H50Ge2Si2. The second-order valence-electron chi connectivity index (χ2n) is 10.5. The van der Waals surface area contributed by atoms with Crippen LogP contribution in [0.15, 0.2) is 45.5 Å². The van der Waals surface area contributed by atoms with Crippen LogP contribution in [0.25, 0.3) is 0 Å². The zero-order valence-corrected chi connectivity index (χ0v) is 28.1. The van der Waals surface area contributed by atoms with E-state index in [1.54, 1.807) is 8.79 Å². The SMILES string of the molecule is CC[Si](/C=[CH]/[Ge]([CH3])([CH3])[c]1cc[c]([Ge]([CH3])([CH3])/[CH]=C/[Si](CC)(CC)CC)cc1)(CC)CC. The third kappa shape index (κ3) is 7.11. The van der Waals surface area contributed by atoms with Crippen LogP contribution in [0.3, 0.4) is 0 Å². The van der Waals surface area contributed by atoms with Gasteiger partial charge in [-0.05, 0) is 0 Å². The molecule has 0 atom stereocenters. The Bertz CT molecular complexity index is 617. The van der Waals surface area contributed by atoms with Crippen molar-refractivity contribution in [2.75, 3.05) is 0 Å². The van der Waals surface area contributed by atoms with Crippen LogP contribution in [0.1, 0.15) is 41.5 Å². The van der Waals surface area contributed by atoms with E-state index >= 15 is 0 Å². The van der Waals surface area contributed by atoms with Gasteiger partial charge in [0.25, 0.3) is 0 Å². The first-order chi connectivity index (χ1) is 14.0. The van der Waals surface area contributed by atoms with Gasteiger partial charge in [0, 0.05) is 0 Å². The summed E-state index contributed by atoms with van der Waals surface area (Å²) in [6.07, 6.45) is 0. The Morgan fingerprint density at radius 3 is 0.967 bits per heavy atom. The summed E-state index contributed by atoms with van der Waals surface area (Å²) in [7, 11) is -2.34. The zero-order chi connectivity index (χ0) is 23.1. The molecule has 0 spiro atoms. The van der Waals surface area contributed by atoms with Crippen molar-refractivity contribution in [2.45, 2.75) is 101 Å². The van der Waals surface area contributed by atoms with Gasteiger partial charge in [-0.15, -0.1) is 0 Å². The van der Waals surface area contributed by atoms with E-state index in [9.17, 15) is 0 Å². The minimum absolute atomic E-state index is 1.17. The van der Waals surface area contributed by atoms with Crippen molar-refractivity contribution < 1.29 is 0 Å². The van der Waals surface area contributed by atoms with Gasteiger partial charge in [0.15, 0.2) is 0 Å². The summed E-state index contributed by atoms with van der Waals surface area (Å²) >= 11 is -4.19. The number of hydrogen-bond acceptors (Lipinski definition) is 0. The van der Waals surface area contributed by atoms with Gasteiger partial charge in [-0.3, -0.25) is 0 Å². The summed E-state index contributed by atoms with van der Waals surface area (Å²) in [6, 6.07) is 18.3. The van der Waals surface area contributed by atoms with Gasteiger partial charge in [0.05, 0.1) is 0 Å². The van der Waals surface area contributed by atoms with E-state index in [1.807, 2.05) is 0 Å². The minimum atomic E-state index is -2.09. The molecule has 0 aliphatic carbocycles. The van der Waals surface area contributed by atoms with E-state index in [4.69, 9.17) is 0 Å². The number of benzene rings is 1. The summed E-state index contributed by atoms with van der Waals surface area (Å²) in [5, 5.41) is 0. The van der Waals surface area contributed by atoms with Gasteiger partial charge >= 0.3 is 198 Å². The fourth-order valence-electron chi connectivity index (χ4n) is 4.50.